The number of aliphatic imine (C=N–C) groups is 1. The molecular weight excluding hydrogens is 446 g/mol. The van der Waals surface area contributed by atoms with Crippen molar-refractivity contribution in [3.63, 3.8) is 0 Å². The van der Waals surface area contributed by atoms with Crippen molar-refractivity contribution in [2.45, 2.75) is 30.4 Å². The normalized spacial score (nSPS) is 28.3. The van der Waals surface area contributed by atoms with E-state index in [0.717, 1.165) is 34.6 Å². The van der Waals surface area contributed by atoms with Crippen molar-refractivity contribution in [2.75, 3.05) is 12.4 Å². The zero-order valence-electron chi connectivity index (χ0n) is 14.5. The fourth-order valence-electron chi connectivity index (χ4n) is 3.82. The first-order chi connectivity index (χ1) is 13.1. The number of hydrogen-bond donors (Lipinski definition) is 1. The fourth-order valence-corrected chi connectivity index (χ4v) is 6.43. The van der Waals surface area contributed by atoms with E-state index in [4.69, 9.17) is 9.73 Å². The minimum absolute atomic E-state index is 0.0729. The molecule has 3 aliphatic rings. The predicted octanol–water partition coefficient (Wildman–Crippen LogP) is 4.20. The number of amides is 1. The molecule has 0 bridgehead atoms. The summed E-state index contributed by atoms with van der Waals surface area (Å²) in [5.74, 6) is 1.15. The first-order valence-electron chi connectivity index (χ1n) is 8.93. The summed E-state index contributed by atoms with van der Waals surface area (Å²) in [4.78, 5) is 22.3. The standard InChI is InChI=1S/C19H18BrN3O2S2/c20-14-10-26-16(21-14)19-11-25-18(6-7-18)8-13(19)9-27-17(23-19)22-15(24)12-4-2-1-3-5-12/h1-5,10,13H,6-9,11H2,(H,22,23,24). The average molecular weight is 464 g/mol. The third-order valence-electron chi connectivity index (χ3n) is 5.53. The van der Waals surface area contributed by atoms with E-state index in [1.807, 2.05) is 23.6 Å². The highest BCUT2D eigenvalue weighted by Gasteiger charge is 2.58. The summed E-state index contributed by atoms with van der Waals surface area (Å²) in [7, 11) is 0. The topological polar surface area (TPSA) is 63.6 Å². The summed E-state index contributed by atoms with van der Waals surface area (Å²) in [6, 6.07) is 9.23. The molecule has 1 aliphatic carbocycles. The van der Waals surface area contributed by atoms with Crippen molar-refractivity contribution in [3.8, 4) is 0 Å². The number of fused-ring (bicyclic) bond motifs is 1. The highest BCUT2D eigenvalue weighted by molar-refractivity contribution is 9.10. The van der Waals surface area contributed by atoms with Gasteiger partial charge in [0.15, 0.2) is 5.17 Å². The smallest absolute Gasteiger partial charge is 0.257 e. The van der Waals surface area contributed by atoms with Gasteiger partial charge in [-0.25, -0.2) is 9.98 Å². The molecule has 2 aromatic rings. The number of hydrogen-bond acceptors (Lipinski definition) is 6. The van der Waals surface area contributed by atoms with Gasteiger partial charge in [0, 0.05) is 22.6 Å². The zero-order valence-corrected chi connectivity index (χ0v) is 17.7. The van der Waals surface area contributed by atoms with Crippen LogP contribution in [0.4, 0.5) is 0 Å². The molecular formula is C19H18BrN3O2S2. The van der Waals surface area contributed by atoms with Crippen LogP contribution in [0.15, 0.2) is 45.3 Å². The molecule has 5 rings (SSSR count). The van der Waals surface area contributed by atoms with Crippen LogP contribution in [0.3, 0.4) is 0 Å². The van der Waals surface area contributed by atoms with E-state index in [1.165, 1.54) is 0 Å². The SMILES string of the molecule is O=C(NC1=NC2(c3nc(Br)cs3)COC3(CC3)CC2CS1)c1ccccc1. The summed E-state index contributed by atoms with van der Waals surface area (Å²) in [5, 5.41) is 6.59. The number of thiazole rings is 1. The first kappa shape index (κ1) is 17.8. The molecule has 140 valence electrons. The summed E-state index contributed by atoms with van der Waals surface area (Å²) in [6.45, 7) is 0.531. The lowest BCUT2D eigenvalue weighted by Gasteiger charge is -2.45. The summed E-state index contributed by atoms with van der Waals surface area (Å²) >= 11 is 6.70. The first-order valence-corrected chi connectivity index (χ1v) is 11.6. The highest BCUT2D eigenvalue weighted by atomic mass is 79.9. The van der Waals surface area contributed by atoms with Gasteiger partial charge >= 0.3 is 0 Å². The Morgan fingerprint density at radius 2 is 2.11 bits per heavy atom. The van der Waals surface area contributed by atoms with Crippen LogP contribution >= 0.6 is 39.0 Å². The minimum Gasteiger partial charge on any atom is -0.372 e. The predicted molar refractivity (Wildman–Crippen MR) is 111 cm³/mol. The number of ether oxygens (including phenoxy) is 1. The van der Waals surface area contributed by atoms with Gasteiger partial charge < -0.3 is 10.1 Å². The molecule has 1 spiro atoms. The maximum Gasteiger partial charge on any atom is 0.257 e. The molecule has 5 nitrogen and oxygen atoms in total. The van der Waals surface area contributed by atoms with Gasteiger partial charge in [-0.3, -0.25) is 4.79 Å². The van der Waals surface area contributed by atoms with Crippen molar-refractivity contribution in [3.05, 3.63) is 50.9 Å². The molecule has 1 N–H and O–H groups in total. The number of thioether (sulfide) groups is 1. The molecule has 1 amide bonds. The quantitative estimate of drug-likeness (QED) is 0.724. The van der Waals surface area contributed by atoms with E-state index in [2.05, 4.69) is 26.2 Å². The molecule has 2 atom stereocenters. The van der Waals surface area contributed by atoms with Crippen LogP contribution in [0.25, 0.3) is 0 Å². The second-order valence-corrected chi connectivity index (χ2v) is 10.00. The summed E-state index contributed by atoms with van der Waals surface area (Å²) < 4.78 is 7.10. The number of nitrogens with one attached hydrogen (secondary N) is 1. The summed E-state index contributed by atoms with van der Waals surface area (Å²) in [6.07, 6.45) is 3.31. The minimum atomic E-state index is -0.505. The van der Waals surface area contributed by atoms with Crippen molar-refractivity contribution in [2.24, 2.45) is 10.9 Å². The molecule has 2 fully saturated rings. The number of benzene rings is 1. The van der Waals surface area contributed by atoms with Crippen molar-refractivity contribution in [1.82, 2.24) is 10.3 Å². The highest BCUT2D eigenvalue weighted by Crippen LogP contribution is 2.56. The number of carbonyl (C=O) groups excluding carboxylic acids is 1. The van der Waals surface area contributed by atoms with Crippen LogP contribution < -0.4 is 5.32 Å². The monoisotopic (exact) mass is 463 g/mol. The Morgan fingerprint density at radius 3 is 2.81 bits per heavy atom. The van der Waals surface area contributed by atoms with Gasteiger partial charge in [0.1, 0.15) is 15.1 Å². The summed E-state index contributed by atoms with van der Waals surface area (Å²) in [5.41, 5.74) is 0.198. The third kappa shape index (κ3) is 3.26. The third-order valence-corrected chi connectivity index (χ3v) is 8.28. The number of aromatic nitrogens is 1. The number of carbonyl (C=O) groups is 1. The molecule has 27 heavy (non-hydrogen) atoms. The Labute approximate surface area is 174 Å². The second-order valence-electron chi connectivity index (χ2n) is 7.32. The van der Waals surface area contributed by atoms with Crippen LogP contribution in [0.1, 0.15) is 34.6 Å². The molecule has 2 aliphatic heterocycles. The van der Waals surface area contributed by atoms with Gasteiger partial charge in [0.2, 0.25) is 0 Å². The van der Waals surface area contributed by atoms with Crippen molar-refractivity contribution >= 4 is 50.1 Å². The maximum absolute atomic E-state index is 12.6. The van der Waals surface area contributed by atoms with Gasteiger partial charge in [-0.05, 0) is 47.3 Å². The van der Waals surface area contributed by atoms with Crippen LogP contribution in [0.2, 0.25) is 0 Å². The van der Waals surface area contributed by atoms with E-state index < -0.39 is 5.54 Å². The lowest BCUT2D eigenvalue weighted by molar-refractivity contribution is -0.0725. The largest absolute Gasteiger partial charge is 0.372 e. The van der Waals surface area contributed by atoms with E-state index in [1.54, 1.807) is 35.2 Å². The van der Waals surface area contributed by atoms with Crippen LogP contribution in [0.5, 0.6) is 0 Å². The van der Waals surface area contributed by atoms with Crippen LogP contribution in [0, 0.1) is 5.92 Å². The Balaban J connectivity index is 1.47. The molecule has 0 radical (unpaired) electrons. The second kappa shape index (κ2) is 6.69. The van der Waals surface area contributed by atoms with Gasteiger partial charge in [0.05, 0.1) is 12.2 Å². The molecule has 3 heterocycles. The lowest BCUT2D eigenvalue weighted by atomic mass is 9.79. The Morgan fingerprint density at radius 1 is 1.30 bits per heavy atom. The van der Waals surface area contributed by atoms with Crippen molar-refractivity contribution in [1.29, 1.82) is 0 Å². The zero-order chi connectivity index (χ0) is 18.5. The number of halogens is 1. The van der Waals surface area contributed by atoms with E-state index in [9.17, 15) is 4.79 Å². The number of nitrogens with zero attached hydrogens (tertiary/aromatic N) is 2. The van der Waals surface area contributed by atoms with Gasteiger partial charge in [-0.1, -0.05) is 30.0 Å². The average Bonchev–Trinajstić information content (AvgIpc) is 3.29. The van der Waals surface area contributed by atoms with E-state index >= 15 is 0 Å². The Hall–Kier alpha value is -1.22. The molecule has 2 unspecified atom stereocenters. The molecule has 1 aromatic heterocycles. The van der Waals surface area contributed by atoms with Gasteiger partial charge in [-0.15, -0.1) is 11.3 Å². The van der Waals surface area contributed by atoms with Crippen LogP contribution in [-0.2, 0) is 10.3 Å². The molecule has 1 saturated carbocycles. The number of amidine groups is 1. The lowest BCUT2D eigenvalue weighted by Crippen LogP contribution is -2.51. The van der Waals surface area contributed by atoms with E-state index in [-0.39, 0.29) is 11.5 Å². The number of rotatable bonds is 2. The maximum atomic E-state index is 12.6. The fraction of sp³-hybridized carbons (Fsp3) is 0.421. The van der Waals surface area contributed by atoms with Crippen molar-refractivity contribution < 1.29 is 9.53 Å². The molecule has 1 aromatic carbocycles. The molecule has 8 heteroatoms. The van der Waals surface area contributed by atoms with Crippen LogP contribution in [-0.4, -0.2) is 34.0 Å². The Kier molecular flexibility index (Phi) is 4.42. The van der Waals surface area contributed by atoms with Gasteiger partial charge in [0.25, 0.3) is 5.91 Å². The van der Waals surface area contributed by atoms with E-state index in [0.29, 0.717) is 23.3 Å². The Bertz CT molecular complexity index is 913. The molecule has 1 saturated heterocycles. The van der Waals surface area contributed by atoms with Gasteiger partial charge in [-0.2, -0.15) is 0 Å².